The van der Waals surface area contributed by atoms with Crippen LogP contribution in [0.1, 0.15) is 0 Å². The largest absolute Gasteiger partial charge is 0.229 e. The van der Waals surface area contributed by atoms with Gasteiger partial charge in [0.05, 0.1) is 3.57 Å². The molecule has 0 spiro atoms. The summed E-state index contributed by atoms with van der Waals surface area (Å²) in [5.74, 6) is -1.65. The standard InChI is InChI=1S/C5HF2IN/c6-4-2-1-3(8)5(7)9-4/h2H. The maximum Gasteiger partial charge on any atom is 0.229 e. The van der Waals surface area contributed by atoms with Crippen molar-refractivity contribution in [2.45, 2.75) is 0 Å². The second-order valence-corrected chi connectivity index (χ2v) is 2.41. The topological polar surface area (TPSA) is 12.9 Å². The normalized spacial score (nSPS) is 9.67. The molecule has 0 amide bonds. The number of halogens is 3. The molecule has 4 heteroatoms. The van der Waals surface area contributed by atoms with Gasteiger partial charge in [-0.25, -0.2) is 0 Å². The van der Waals surface area contributed by atoms with Crippen LogP contribution in [0, 0.1) is 21.5 Å². The van der Waals surface area contributed by atoms with Gasteiger partial charge in [0.1, 0.15) is 0 Å². The molecule has 0 saturated carbocycles. The summed E-state index contributed by atoms with van der Waals surface area (Å²) in [5.41, 5.74) is 0. The molecule has 1 heterocycles. The highest BCUT2D eigenvalue weighted by Gasteiger charge is 1.99. The molecule has 1 aromatic heterocycles. The number of hydrogen-bond acceptors (Lipinski definition) is 1. The summed E-state index contributed by atoms with van der Waals surface area (Å²) in [6.45, 7) is 0. The molecule has 0 aliphatic carbocycles. The van der Waals surface area contributed by atoms with Crippen LogP contribution in [0.4, 0.5) is 8.78 Å². The van der Waals surface area contributed by atoms with Crippen LogP contribution in [0.2, 0.25) is 0 Å². The molecule has 0 aliphatic rings. The minimum Gasteiger partial charge on any atom is -0.190 e. The molecule has 0 aromatic carbocycles. The van der Waals surface area contributed by atoms with Crippen molar-refractivity contribution in [2.75, 3.05) is 0 Å². The molecule has 47 valence electrons. The third-order valence-corrected chi connectivity index (χ3v) is 1.46. The molecular weight excluding hydrogens is 239 g/mol. The van der Waals surface area contributed by atoms with Crippen molar-refractivity contribution in [2.24, 2.45) is 0 Å². The van der Waals surface area contributed by atoms with E-state index in [1.165, 1.54) is 0 Å². The van der Waals surface area contributed by atoms with Gasteiger partial charge in [-0.1, -0.05) is 0 Å². The van der Waals surface area contributed by atoms with Crippen molar-refractivity contribution in [1.82, 2.24) is 4.98 Å². The highest BCUT2D eigenvalue weighted by molar-refractivity contribution is 14.1. The molecule has 0 fully saturated rings. The fraction of sp³-hybridized carbons (Fsp3) is 0. The Morgan fingerprint density at radius 2 is 2.22 bits per heavy atom. The molecule has 1 rings (SSSR count). The van der Waals surface area contributed by atoms with Crippen molar-refractivity contribution in [3.8, 4) is 0 Å². The van der Waals surface area contributed by atoms with Gasteiger partial charge in [0.2, 0.25) is 11.9 Å². The quantitative estimate of drug-likeness (QED) is 0.497. The first-order chi connectivity index (χ1) is 4.20. The smallest absolute Gasteiger partial charge is 0.190 e. The van der Waals surface area contributed by atoms with E-state index in [1.54, 1.807) is 22.6 Å². The summed E-state index contributed by atoms with van der Waals surface area (Å²) in [4.78, 5) is 2.90. The molecule has 0 saturated heterocycles. The Hall–Kier alpha value is -0.260. The van der Waals surface area contributed by atoms with Gasteiger partial charge in [-0.15, -0.1) is 0 Å². The fourth-order valence-corrected chi connectivity index (χ4v) is 0.634. The molecule has 1 nitrogen and oxygen atoms in total. The average molecular weight is 240 g/mol. The van der Waals surface area contributed by atoms with Crippen LogP contribution in [0.5, 0.6) is 0 Å². The number of hydrogen-bond donors (Lipinski definition) is 0. The van der Waals surface area contributed by atoms with E-state index in [9.17, 15) is 8.78 Å². The lowest BCUT2D eigenvalue weighted by Gasteiger charge is -1.88. The third kappa shape index (κ3) is 1.57. The van der Waals surface area contributed by atoms with E-state index in [1.807, 2.05) is 0 Å². The van der Waals surface area contributed by atoms with E-state index in [4.69, 9.17) is 0 Å². The van der Waals surface area contributed by atoms with E-state index < -0.39 is 11.9 Å². The second kappa shape index (κ2) is 2.55. The fourth-order valence-electron chi connectivity index (χ4n) is 0.358. The summed E-state index contributed by atoms with van der Waals surface area (Å²) >= 11 is 1.68. The lowest BCUT2D eigenvalue weighted by molar-refractivity contribution is 0.507. The van der Waals surface area contributed by atoms with Crippen LogP contribution in [0.3, 0.4) is 0 Å². The van der Waals surface area contributed by atoms with Crippen LogP contribution in [0.15, 0.2) is 6.07 Å². The summed E-state index contributed by atoms with van der Waals surface area (Å²) in [5, 5.41) is 0. The predicted molar refractivity (Wildman–Crippen MR) is 35.7 cm³/mol. The maximum atomic E-state index is 12.2. The molecule has 0 aliphatic heterocycles. The lowest BCUT2D eigenvalue weighted by atomic mass is 10.5. The van der Waals surface area contributed by atoms with E-state index in [-0.39, 0.29) is 3.57 Å². The van der Waals surface area contributed by atoms with Crippen LogP contribution >= 0.6 is 22.6 Å². The minimum absolute atomic E-state index is 0.203. The van der Waals surface area contributed by atoms with Gasteiger partial charge in [-0.05, 0) is 22.6 Å². The Morgan fingerprint density at radius 3 is 2.67 bits per heavy atom. The van der Waals surface area contributed by atoms with Crippen molar-refractivity contribution < 1.29 is 8.78 Å². The number of rotatable bonds is 0. The van der Waals surface area contributed by atoms with Gasteiger partial charge < -0.3 is 0 Å². The first-order valence-corrected chi connectivity index (χ1v) is 3.17. The van der Waals surface area contributed by atoms with Crippen molar-refractivity contribution in [3.05, 3.63) is 27.6 Å². The average Bonchev–Trinajstić information content (AvgIpc) is 1.80. The molecule has 0 bridgehead atoms. The SMILES string of the molecule is Fc1c[c]c(I)c(F)n1. The first-order valence-electron chi connectivity index (χ1n) is 2.09. The summed E-state index contributed by atoms with van der Waals surface area (Å²) in [6.07, 6.45) is 0. The van der Waals surface area contributed by atoms with E-state index in [0.717, 1.165) is 6.07 Å². The van der Waals surface area contributed by atoms with Gasteiger partial charge in [-0.3, -0.25) is 0 Å². The molecule has 0 atom stereocenters. The predicted octanol–water partition coefficient (Wildman–Crippen LogP) is 1.76. The molecule has 0 unspecified atom stereocenters. The Labute approximate surface area is 64.2 Å². The monoisotopic (exact) mass is 240 g/mol. The third-order valence-electron chi connectivity index (χ3n) is 0.704. The Bertz CT molecular complexity index is 226. The molecular formula is C5HF2IN. The molecule has 1 aromatic rings. The van der Waals surface area contributed by atoms with Gasteiger partial charge in [0, 0.05) is 12.1 Å². The van der Waals surface area contributed by atoms with E-state index >= 15 is 0 Å². The Kier molecular flexibility index (Phi) is 1.94. The van der Waals surface area contributed by atoms with Crippen molar-refractivity contribution in [1.29, 1.82) is 0 Å². The number of nitrogens with zero attached hydrogens (tertiary/aromatic N) is 1. The first kappa shape index (κ1) is 6.85. The van der Waals surface area contributed by atoms with Gasteiger partial charge in [0.15, 0.2) is 0 Å². The summed E-state index contributed by atoms with van der Waals surface area (Å²) in [7, 11) is 0. The summed E-state index contributed by atoms with van der Waals surface area (Å²) in [6, 6.07) is 3.33. The zero-order valence-corrected chi connectivity index (χ0v) is 6.32. The Balaban J connectivity index is 3.17. The highest BCUT2D eigenvalue weighted by Crippen LogP contribution is 2.06. The molecule has 1 radical (unpaired) electrons. The van der Waals surface area contributed by atoms with Gasteiger partial charge in [-0.2, -0.15) is 13.8 Å². The zero-order chi connectivity index (χ0) is 6.85. The van der Waals surface area contributed by atoms with Crippen molar-refractivity contribution >= 4 is 22.6 Å². The minimum atomic E-state index is -0.840. The van der Waals surface area contributed by atoms with E-state index in [0.29, 0.717) is 0 Å². The van der Waals surface area contributed by atoms with E-state index in [2.05, 4.69) is 11.1 Å². The van der Waals surface area contributed by atoms with Crippen LogP contribution in [0.25, 0.3) is 0 Å². The maximum absolute atomic E-state index is 12.2. The van der Waals surface area contributed by atoms with Gasteiger partial charge >= 0.3 is 0 Å². The Morgan fingerprint density at radius 1 is 1.56 bits per heavy atom. The number of pyridine rings is 1. The summed E-state index contributed by atoms with van der Waals surface area (Å²) < 4.78 is 24.4. The van der Waals surface area contributed by atoms with Crippen LogP contribution in [-0.2, 0) is 0 Å². The molecule has 0 N–H and O–H groups in total. The zero-order valence-electron chi connectivity index (χ0n) is 4.16. The lowest BCUT2D eigenvalue weighted by Crippen LogP contribution is -1.90. The van der Waals surface area contributed by atoms with Crippen molar-refractivity contribution in [3.63, 3.8) is 0 Å². The van der Waals surface area contributed by atoms with Crippen LogP contribution < -0.4 is 0 Å². The van der Waals surface area contributed by atoms with Gasteiger partial charge in [0.25, 0.3) is 0 Å². The van der Waals surface area contributed by atoms with Crippen LogP contribution in [-0.4, -0.2) is 4.98 Å². The second-order valence-electron chi connectivity index (χ2n) is 1.33. The molecule has 9 heavy (non-hydrogen) atoms. The highest BCUT2D eigenvalue weighted by atomic mass is 127. The number of aromatic nitrogens is 1.